The van der Waals surface area contributed by atoms with Crippen molar-refractivity contribution in [3.63, 3.8) is 0 Å². The van der Waals surface area contributed by atoms with Gasteiger partial charge in [0.2, 0.25) is 0 Å². The molecule has 2 aromatic rings. The SMILES string of the molecule is COC(=O)[C@@H]1[C@@H](c2cccnc2)CN([C@@H](CO)c2ccccc2)[C@@H]1C#N. The summed E-state index contributed by atoms with van der Waals surface area (Å²) >= 11 is 0. The minimum Gasteiger partial charge on any atom is -0.469 e. The van der Waals surface area contributed by atoms with Crippen LogP contribution in [0.25, 0.3) is 0 Å². The number of aliphatic hydroxyl groups excluding tert-OH is 1. The van der Waals surface area contributed by atoms with Crippen LogP contribution in [0, 0.1) is 17.2 Å². The molecule has 1 aromatic heterocycles. The second kappa shape index (κ2) is 8.09. The van der Waals surface area contributed by atoms with Crippen LogP contribution in [0.4, 0.5) is 0 Å². The summed E-state index contributed by atoms with van der Waals surface area (Å²) in [4.78, 5) is 18.5. The average Bonchev–Trinajstić information content (AvgIpc) is 3.09. The Kier molecular flexibility index (Phi) is 5.61. The molecule has 3 rings (SSSR count). The molecule has 1 aliphatic rings. The van der Waals surface area contributed by atoms with Crippen molar-refractivity contribution in [2.45, 2.75) is 18.0 Å². The van der Waals surface area contributed by atoms with Crippen molar-refractivity contribution in [2.75, 3.05) is 20.3 Å². The van der Waals surface area contributed by atoms with Gasteiger partial charge in [-0.25, -0.2) is 0 Å². The molecule has 6 nitrogen and oxygen atoms in total. The van der Waals surface area contributed by atoms with Gasteiger partial charge in [-0.3, -0.25) is 14.7 Å². The standard InChI is InChI=1S/C20H21N3O3/c1-26-20(25)19-16(15-8-5-9-22-11-15)12-23(17(19)10-21)18(13-24)14-6-3-2-4-7-14/h2-9,11,16-19,24H,12-13H2,1H3/t16-,17-,18+,19-/m1/s1. The van der Waals surface area contributed by atoms with Crippen LogP contribution in [0.15, 0.2) is 54.9 Å². The summed E-state index contributed by atoms with van der Waals surface area (Å²) in [5, 5.41) is 19.8. The lowest BCUT2D eigenvalue weighted by molar-refractivity contribution is -0.146. The summed E-state index contributed by atoms with van der Waals surface area (Å²) in [6.07, 6.45) is 3.39. The summed E-state index contributed by atoms with van der Waals surface area (Å²) in [5.41, 5.74) is 1.79. The number of esters is 1. The Morgan fingerprint density at radius 2 is 2.15 bits per heavy atom. The van der Waals surface area contributed by atoms with Gasteiger partial charge < -0.3 is 9.84 Å². The van der Waals surface area contributed by atoms with Crippen LogP contribution >= 0.6 is 0 Å². The third kappa shape index (κ3) is 3.32. The van der Waals surface area contributed by atoms with E-state index in [1.807, 2.05) is 47.4 Å². The highest BCUT2D eigenvalue weighted by atomic mass is 16.5. The Hall–Kier alpha value is -2.75. The lowest BCUT2D eigenvalue weighted by Gasteiger charge is -2.29. The zero-order valence-electron chi connectivity index (χ0n) is 14.5. The van der Waals surface area contributed by atoms with E-state index in [0.29, 0.717) is 6.54 Å². The van der Waals surface area contributed by atoms with Crippen LogP contribution in [0.2, 0.25) is 0 Å². The molecule has 4 atom stereocenters. The molecule has 0 amide bonds. The first kappa shape index (κ1) is 18.1. The molecule has 0 bridgehead atoms. The van der Waals surface area contributed by atoms with Crippen molar-refractivity contribution in [3.8, 4) is 6.07 Å². The highest BCUT2D eigenvalue weighted by molar-refractivity contribution is 5.76. The van der Waals surface area contributed by atoms with Crippen molar-refractivity contribution in [2.24, 2.45) is 5.92 Å². The van der Waals surface area contributed by atoms with Gasteiger partial charge in [0.25, 0.3) is 0 Å². The highest BCUT2D eigenvalue weighted by Gasteiger charge is 2.49. The molecule has 26 heavy (non-hydrogen) atoms. The first-order valence-corrected chi connectivity index (χ1v) is 8.50. The molecule has 0 unspecified atom stereocenters. The summed E-state index contributed by atoms with van der Waals surface area (Å²) < 4.78 is 4.99. The summed E-state index contributed by atoms with van der Waals surface area (Å²) in [6, 6.07) is 14.4. The number of methoxy groups -OCH3 is 1. The van der Waals surface area contributed by atoms with E-state index in [9.17, 15) is 15.2 Å². The van der Waals surface area contributed by atoms with E-state index in [1.54, 1.807) is 12.4 Å². The Balaban J connectivity index is 2.01. The number of ether oxygens (including phenoxy) is 1. The molecule has 6 heteroatoms. The van der Waals surface area contributed by atoms with Crippen molar-refractivity contribution in [1.29, 1.82) is 5.26 Å². The van der Waals surface area contributed by atoms with E-state index < -0.39 is 17.9 Å². The fraction of sp³-hybridized carbons (Fsp3) is 0.350. The number of carbonyl (C=O) groups is 1. The molecular formula is C20H21N3O3. The number of rotatable bonds is 5. The minimum atomic E-state index is -0.690. The first-order valence-electron chi connectivity index (χ1n) is 8.50. The minimum absolute atomic E-state index is 0.143. The molecule has 0 saturated carbocycles. The number of hydrogen-bond acceptors (Lipinski definition) is 6. The van der Waals surface area contributed by atoms with Crippen LogP contribution in [0.1, 0.15) is 23.1 Å². The van der Waals surface area contributed by atoms with Crippen LogP contribution in [-0.4, -0.2) is 47.3 Å². The largest absolute Gasteiger partial charge is 0.469 e. The van der Waals surface area contributed by atoms with Gasteiger partial charge in [0.15, 0.2) is 0 Å². The van der Waals surface area contributed by atoms with E-state index >= 15 is 0 Å². The van der Waals surface area contributed by atoms with Gasteiger partial charge in [0, 0.05) is 24.9 Å². The number of pyridine rings is 1. The second-order valence-corrected chi connectivity index (χ2v) is 6.32. The zero-order valence-corrected chi connectivity index (χ0v) is 14.5. The molecule has 0 aliphatic carbocycles. The quantitative estimate of drug-likeness (QED) is 0.828. The fourth-order valence-electron chi connectivity index (χ4n) is 3.77. The van der Waals surface area contributed by atoms with Crippen molar-refractivity contribution >= 4 is 5.97 Å². The number of nitrogens with zero attached hydrogens (tertiary/aromatic N) is 3. The number of carbonyl (C=O) groups excluding carboxylic acids is 1. The smallest absolute Gasteiger partial charge is 0.312 e. The van der Waals surface area contributed by atoms with Gasteiger partial charge in [0.1, 0.15) is 6.04 Å². The number of benzene rings is 1. The number of hydrogen-bond donors (Lipinski definition) is 1. The van der Waals surface area contributed by atoms with Crippen molar-refractivity contribution < 1.29 is 14.6 Å². The lowest BCUT2D eigenvalue weighted by atomic mass is 9.86. The van der Waals surface area contributed by atoms with E-state index in [2.05, 4.69) is 11.1 Å². The average molecular weight is 351 g/mol. The summed E-state index contributed by atoms with van der Waals surface area (Å²) in [7, 11) is 1.33. The Labute approximate surface area is 152 Å². The maximum absolute atomic E-state index is 12.5. The molecule has 1 saturated heterocycles. The first-order chi connectivity index (χ1) is 12.7. The third-order valence-electron chi connectivity index (χ3n) is 5.01. The number of aromatic nitrogens is 1. The predicted molar refractivity (Wildman–Crippen MR) is 94.9 cm³/mol. The van der Waals surface area contributed by atoms with Crippen LogP contribution in [0.5, 0.6) is 0 Å². The molecule has 1 fully saturated rings. The van der Waals surface area contributed by atoms with Gasteiger partial charge in [-0.15, -0.1) is 0 Å². The van der Waals surface area contributed by atoms with Crippen LogP contribution in [-0.2, 0) is 9.53 Å². The van der Waals surface area contributed by atoms with Crippen molar-refractivity contribution in [1.82, 2.24) is 9.88 Å². The highest BCUT2D eigenvalue weighted by Crippen LogP contribution is 2.41. The second-order valence-electron chi connectivity index (χ2n) is 6.32. The van der Waals surface area contributed by atoms with Crippen LogP contribution < -0.4 is 0 Å². The fourth-order valence-corrected chi connectivity index (χ4v) is 3.77. The molecule has 1 N–H and O–H groups in total. The predicted octanol–water partition coefficient (Wildman–Crippen LogP) is 1.90. The summed E-state index contributed by atoms with van der Waals surface area (Å²) in [6.45, 7) is 0.319. The molecule has 134 valence electrons. The Morgan fingerprint density at radius 1 is 1.38 bits per heavy atom. The van der Waals surface area contributed by atoms with Gasteiger partial charge in [-0.05, 0) is 17.2 Å². The van der Waals surface area contributed by atoms with Crippen molar-refractivity contribution in [3.05, 3.63) is 66.0 Å². The number of aliphatic hydroxyl groups is 1. The van der Waals surface area contributed by atoms with E-state index in [1.165, 1.54) is 7.11 Å². The molecular weight excluding hydrogens is 330 g/mol. The van der Waals surface area contributed by atoms with E-state index in [0.717, 1.165) is 11.1 Å². The molecule has 1 aromatic carbocycles. The zero-order chi connectivity index (χ0) is 18.5. The Morgan fingerprint density at radius 3 is 2.73 bits per heavy atom. The summed E-state index contributed by atoms with van der Waals surface area (Å²) in [5.74, 6) is -1.27. The van der Waals surface area contributed by atoms with Gasteiger partial charge in [0.05, 0.1) is 31.7 Å². The topological polar surface area (TPSA) is 86.4 Å². The van der Waals surface area contributed by atoms with Gasteiger partial charge >= 0.3 is 5.97 Å². The Bertz CT molecular complexity index is 776. The number of nitriles is 1. The van der Waals surface area contributed by atoms with E-state index in [4.69, 9.17) is 4.74 Å². The molecule has 0 radical (unpaired) electrons. The number of likely N-dealkylation sites (tertiary alicyclic amines) is 1. The molecule has 0 spiro atoms. The lowest BCUT2D eigenvalue weighted by Crippen LogP contribution is -2.39. The molecule has 2 heterocycles. The molecule has 1 aliphatic heterocycles. The third-order valence-corrected chi connectivity index (χ3v) is 5.01. The van der Waals surface area contributed by atoms with Gasteiger partial charge in [-0.1, -0.05) is 36.4 Å². The maximum Gasteiger partial charge on any atom is 0.312 e. The van der Waals surface area contributed by atoms with E-state index in [-0.39, 0.29) is 18.6 Å². The van der Waals surface area contributed by atoms with Gasteiger partial charge in [-0.2, -0.15) is 5.26 Å². The monoisotopic (exact) mass is 351 g/mol. The normalized spacial score (nSPS) is 24.0. The van der Waals surface area contributed by atoms with Crippen LogP contribution in [0.3, 0.4) is 0 Å². The maximum atomic E-state index is 12.5.